The molecule has 3 aliphatic rings. The Hall–Kier alpha value is -2.46. The molecule has 3 saturated heterocycles. The summed E-state index contributed by atoms with van der Waals surface area (Å²) in [5.74, 6) is 0. The Kier molecular flexibility index (Phi) is 2.64. The van der Waals surface area contributed by atoms with Crippen LogP contribution in [0.3, 0.4) is 0 Å². The topological polar surface area (TPSA) is 18.5 Å². The van der Waals surface area contributed by atoms with Gasteiger partial charge in [-0.25, -0.2) is 0 Å². The van der Waals surface area contributed by atoms with E-state index < -0.39 is 0 Å². The summed E-state index contributed by atoms with van der Waals surface area (Å²) in [6, 6.07) is 32.9. The Labute approximate surface area is 147 Å². The lowest BCUT2D eigenvalue weighted by Crippen LogP contribution is -2.21. The lowest BCUT2D eigenvalue weighted by atomic mass is 9.96. The van der Waals surface area contributed by atoms with Gasteiger partial charge in [-0.2, -0.15) is 0 Å². The molecule has 0 N–H and O–H groups in total. The first-order valence-electron chi connectivity index (χ1n) is 8.82. The molecule has 3 fully saturated rings. The fourth-order valence-corrected chi connectivity index (χ4v) is 4.60. The molecule has 0 spiro atoms. The van der Waals surface area contributed by atoms with Crippen molar-refractivity contribution < 1.29 is 4.84 Å². The summed E-state index contributed by atoms with van der Waals surface area (Å²) in [7, 11) is 0. The SMILES string of the molecule is c1ccc([C@@H]2[C@@H]3N2[C@@H](c2ccccc2)N2O[C@]32c2ccccc2)cc1. The zero-order valence-electron chi connectivity index (χ0n) is 13.7. The van der Waals surface area contributed by atoms with E-state index >= 15 is 0 Å². The van der Waals surface area contributed by atoms with Gasteiger partial charge in [0.15, 0.2) is 0 Å². The van der Waals surface area contributed by atoms with Gasteiger partial charge in [-0.05, 0) is 11.1 Å². The average Bonchev–Trinajstić information content (AvgIpc) is 3.59. The Morgan fingerprint density at radius 2 is 1.24 bits per heavy atom. The van der Waals surface area contributed by atoms with Crippen LogP contribution in [0.5, 0.6) is 0 Å². The average molecular weight is 326 g/mol. The highest BCUT2D eigenvalue weighted by molar-refractivity contribution is 5.43. The van der Waals surface area contributed by atoms with Gasteiger partial charge in [0.2, 0.25) is 5.72 Å². The van der Waals surface area contributed by atoms with Gasteiger partial charge in [0, 0.05) is 5.56 Å². The van der Waals surface area contributed by atoms with Crippen LogP contribution in [-0.4, -0.2) is 16.0 Å². The van der Waals surface area contributed by atoms with E-state index in [9.17, 15) is 0 Å². The monoisotopic (exact) mass is 326 g/mol. The normalized spacial score (nSPS) is 37.2. The third-order valence-electron chi connectivity index (χ3n) is 5.72. The first-order chi connectivity index (χ1) is 12.4. The van der Waals surface area contributed by atoms with Gasteiger partial charge in [-0.3, -0.25) is 9.74 Å². The number of benzene rings is 3. The number of nitrogens with zero attached hydrogens (tertiary/aromatic N) is 2. The molecule has 0 saturated carbocycles. The highest BCUT2D eigenvalue weighted by Gasteiger charge is 2.83. The standard InChI is InChI=1S/C22H18N2O/c1-4-10-16(11-5-1)19-20-22(18-14-8-3-9-15-18)24(25-22)21(23(19)20)17-12-6-2-7-13-17/h1-15,19-21H/t19-,20+,21-,22-,23?,24?/m1/s1. The molecule has 3 nitrogen and oxygen atoms in total. The molecule has 25 heavy (non-hydrogen) atoms. The van der Waals surface area contributed by atoms with Crippen molar-refractivity contribution in [3.05, 3.63) is 108 Å². The molecule has 0 bridgehead atoms. The van der Waals surface area contributed by atoms with E-state index in [1.54, 1.807) is 0 Å². The minimum atomic E-state index is -0.303. The molecule has 3 aromatic rings. The molecule has 122 valence electrons. The van der Waals surface area contributed by atoms with Crippen LogP contribution < -0.4 is 0 Å². The van der Waals surface area contributed by atoms with Gasteiger partial charge in [0.25, 0.3) is 0 Å². The molecule has 3 aromatic carbocycles. The highest BCUT2D eigenvalue weighted by Crippen LogP contribution is 2.73. The summed E-state index contributed by atoms with van der Waals surface area (Å²) < 4.78 is 0. The van der Waals surface area contributed by atoms with Crippen molar-refractivity contribution in [3.63, 3.8) is 0 Å². The van der Waals surface area contributed by atoms with Gasteiger partial charge >= 0.3 is 0 Å². The van der Waals surface area contributed by atoms with E-state index in [0.29, 0.717) is 12.1 Å². The number of rotatable bonds is 3. The quantitative estimate of drug-likeness (QED) is 0.671. The Morgan fingerprint density at radius 3 is 1.88 bits per heavy atom. The Morgan fingerprint density at radius 1 is 0.680 bits per heavy atom. The fraction of sp³-hybridized carbons (Fsp3) is 0.182. The molecule has 3 aliphatic heterocycles. The molecule has 0 aliphatic carbocycles. The van der Waals surface area contributed by atoms with Crippen LogP contribution in [0.15, 0.2) is 91.0 Å². The third-order valence-corrected chi connectivity index (χ3v) is 5.72. The second-order valence-electron chi connectivity index (χ2n) is 7.01. The van der Waals surface area contributed by atoms with Gasteiger partial charge in [-0.15, -0.1) is 5.06 Å². The van der Waals surface area contributed by atoms with Crippen LogP contribution in [0.25, 0.3) is 0 Å². The zero-order valence-corrected chi connectivity index (χ0v) is 13.7. The summed E-state index contributed by atoms with van der Waals surface area (Å²) in [5, 5.41) is 2.18. The van der Waals surface area contributed by atoms with Crippen molar-refractivity contribution in [2.24, 2.45) is 0 Å². The minimum Gasteiger partial charge on any atom is -0.264 e. The van der Waals surface area contributed by atoms with Crippen LogP contribution >= 0.6 is 0 Å². The van der Waals surface area contributed by atoms with E-state index in [2.05, 4.69) is 101 Å². The van der Waals surface area contributed by atoms with Gasteiger partial charge in [-0.1, -0.05) is 91.0 Å². The molecule has 0 amide bonds. The summed E-state index contributed by atoms with van der Waals surface area (Å²) >= 11 is 0. The van der Waals surface area contributed by atoms with E-state index in [0.717, 1.165) is 0 Å². The lowest BCUT2D eigenvalue weighted by molar-refractivity contribution is 0.0708. The second-order valence-corrected chi connectivity index (χ2v) is 7.01. The van der Waals surface area contributed by atoms with Crippen LogP contribution in [0, 0.1) is 0 Å². The highest BCUT2D eigenvalue weighted by atomic mass is 16.9. The minimum absolute atomic E-state index is 0.177. The number of hydrogen-bond acceptors (Lipinski definition) is 3. The van der Waals surface area contributed by atoms with Crippen molar-refractivity contribution in [3.8, 4) is 0 Å². The van der Waals surface area contributed by atoms with Crippen molar-refractivity contribution in [1.29, 1.82) is 0 Å². The second kappa shape index (κ2) is 4.79. The Bertz CT molecular complexity index is 915. The largest absolute Gasteiger partial charge is 0.264 e. The predicted octanol–water partition coefficient (Wildman–Crippen LogP) is 4.22. The van der Waals surface area contributed by atoms with E-state index in [1.165, 1.54) is 16.7 Å². The third kappa shape index (κ3) is 1.75. The Balaban J connectivity index is 1.47. The molecule has 0 radical (unpaired) electrons. The van der Waals surface area contributed by atoms with Crippen molar-refractivity contribution in [2.45, 2.75) is 24.0 Å². The van der Waals surface area contributed by atoms with E-state index in [1.807, 2.05) is 0 Å². The molecule has 2 unspecified atom stereocenters. The molecular weight excluding hydrogens is 308 g/mol. The van der Waals surface area contributed by atoms with Gasteiger partial charge < -0.3 is 0 Å². The molecular formula is C22H18N2O. The maximum atomic E-state index is 6.29. The maximum Gasteiger partial charge on any atom is 0.209 e. The summed E-state index contributed by atoms with van der Waals surface area (Å²) in [5.41, 5.74) is 3.62. The summed E-state index contributed by atoms with van der Waals surface area (Å²) in [6.07, 6.45) is 0.177. The summed E-state index contributed by atoms with van der Waals surface area (Å²) in [6.45, 7) is 0. The fourth-order valence-electron chi connectivity index (χ4n) is 4.60. The summed E-state index contributed by atoms with van der Waals surface area (Å²) in [4.78, 5) is 8.88. The maximum absolute atomic E-state index is 6.29. The molecule has 3 heterocycles. The zero-order chi connectivity index (χ0) is 16.4. The van der Waals surface area contributed by atoms with Crippen molar-refractivity contribution in [2.75, 3.05) is 0 Å². The lowest BCUT2D eigenvalue weighted by Gasteiger charge is -2.18. The van der Waals surface area contributed by atoms with Crippen LogP contribution in [0.4, 0.5) is 0 Å². The number of hydrogen-bond donors (Lipinski definition) is 0. The van der Waals surface area contributed by atoms with Crippen LogP contribution in [-0.2, 0) is 10.6 Å². The number of fused-ring (bicyclic) bond motifs is 3. The van der Waals surface area contributed by atoms with Gasteiger partial charge in [0.05, 0.1) is 12.1 Å². The molecule has 3 heteroatoms. The van der Waals surface area contributed by atoms with Crippen molar-refractivity contribution in [1.82, 2.24) is 9.96 Å². The number of hydroxylamine groups is 2. The predicted molar refractivity (Wildman–Crippen MR) is 95.0 cm³/mol. The smallest absolute Gasteiger partial charge is 0.209 e. The first-order valence-corrected chi connectivity index (χ1v) is 8.82. The van der Waals surface area contributed by atoms with Gasteiger partial charge in [0.1, 0.15) is 6.17 Å². The van der Waals surface area contributed by atoms with Crippen LogP contribution in [0.1, 0.15) is 28.9 Å². The van der Waals surface area contributed by atoms with E-state index in [4.69, 9.17) is 4.84 Å². The van der Waals surface area contributed by atoms with Crippen molar-refractivity contribution >= 4 is 0 Å². The van der Waals surface area contributed by atoms with E-state index in [-0.39, 0.29) is 11.9 Å². The first kappa shape index (κ1) is 13.8. The molecule has 6 atom stereocenters. The molecule has 6 rings (SSSR count). The molecule has 0 aromatic heterocycles. The van der Waals surface area contributed by atoms with Crippen LogP contribution in [0.2, 0.25) is 0 Å².